The molecule has 1 saturated heterocycles. The minimum Gasteiger partial charge on any atom is -0.341 e. The molecule has 4 rings (SSSR count). The van der Waals surface area contributed by atoms with Crippen molar-refractivity contribution < 1.29 is 4.39 Å². The van der Waals surface area contributed by atoms with Crippen LogP contribution in [0, 0.1) is 25.6 Å². The molecule has 0 saturated carbocycles. The topological polar surface area (TPSA) is 78.3 Å². The van der Waals surface area contributed by atoms with Crippen LogP contribution in [-0.4, -0.2) is 34.3 Å². The van der Waals surface area contributed by atoms with E-state index in [2.05, 4.69) is 62.5 Å². The fourth-order valence-corrected chi connectivity index (χ4v) is 3.57. The summed E-state index contributed by atoms with van der Waals surface area (Å²) in [7, 11) is 0. The van der Waals surface area contributed by atoms with Crippen LogP contribution in [0.3, 0.4) is 0 Å². The lowest BCUT2D eigenvalue weighted by Crippen LogP contribution is -2.34. The Bertz CT molecular complexity index is 1110. The van der Waals surface area contributed by atoms with Crippen LogP contribution in [0.4, 0.5) is 27.9 Å². The summed E-state index contributed by atoms with van der Waals surface area (Å²) in [6.07, 6.45) is 3.61. The van der Waals surface area contributed by atoms with E-state index in [1.54, 1.807) is 18.2 Å². The van der Waals surface area contributed by atoms with Crippen LogP contribution in [0.5, 0.6) is 0 Å². The molecule has 0 amide bonds. The van der Waals surface area contributed by atoms with Gasteiger partial charge in [-0.15, -0.1) is 0 Å². The maximum Gasteiger partial charge on any atom is 0.250 e. The maximum atomic E-state index is 13.9. The number of nitrogens with zero attached hydrogens (tertiary/aromatic N) is 5. The number of rotatable bonds is 6. The van der Waals surface area contributed by atoms with E-state index in [0.717, 1.165) is 37.2 Å². The molecule has 166 valence electrons. The lowest BCUT2D eigenvalue weighted by molar-refractivity contribution is 0.434. The highest BCUT2D eigenvalue weighted by Crippen LogP contribution is 2.25. The molecule has 0 atom stereocenters. The Hall–Kier alpha value is -3.55. The third-order valence-electron chi connectivity index (χ3n) is 5.81. The number of benzene rings is 2. The molecule has 3 aromatic rings. The Kier molecular flexibility index (Phi) is 6.58. The van der Waals surface area contributed by atoms with Gasteiger partial charge < -0.3 is 10.2 Å². The number of hydrazone groups is 1. The van der Waals surface area contributed by atoms with Gasteiger partial charge in [0.05, 0.1) is 6.21 Å². The Balaban J connectivity index is 1.61. The number of aromatic nitrogens is 3. The summed E-state index contributed by atoms with van der Waals surface area (Å²) in [5.74, 6) is 1.70. The van der Waals surface area contributed by atoms with Crippen LogP contribution >= 0.6 is 0 Å². The molecule has 1 fully saturated rings. The number of hydrogen-bond donors (Lipinski definition) is 2. The standard InChI is InChI=1S/C24H28FN7/c1-16-11-13-32(14-12-16)24-29-22(27-21-10-6-7-17(2)18(21)3)28-23(30-24)31-26-15-19-8-4-5-9-20(19)25/h4-10,15-16H,11-14H2,1-3H3,(H2,27,28,29,30,31). The second kappa shape index (κ2) is 9.72. The average molecular weight is 434 g/mol. The maximum absolute atomic E-state index is 13.9. The number of anilines is 4. The molecule has 2 aromatic carbocycles. The third kappa shape index (κ3) is 5.19. The number of halogens is 1. The highest BCUT2D eigenvalue weighted by atomic mass is 19.1. The van der Waals surface area contributed by atoms with E-state index in [-0.39, 0.29) is 5.82 Å². The van der Waals surface area contributed by atoms with Gasteiger partial charge >= 0.3 is 0 Å². The van der Waals surface area contributed by atoms with Crippen molar-refractivity contribution in [2.24, 2.45) is 11.0 Å². The molecule has 1 aliphatic heterocycles. The van der Waals surface area contributed by atoms with E-state index in [4.69, 9.17) is 0 Å². The van der Waals surface area contributed by atoms with E-state index in [9.17, 15) is 4.39 Å². The summed E-state index contributed by atoms with van der Waals surface area (Å²) in [5.41, 5.74) is 6.47. The van der Waals surface area contributed by atoms with Crippen LogP contribution in [0.2, 0.25) is 0 Å². The lowest BCUT2D eigenvalue weighted by Gasteiger charge is -2.30. The summed E-state index contributed by atoms with van der Waals surface area (Å²) < 4.78 is 13.9. The summed E-state index contributed by atoms with van der Waals surface area (Å²) in [4.78, 5) is 15.9. The van der Waals surface area contributed by atoms with Crippen molar-refractivity contribution in [3.05, 3.63) is 65.0 Å². The predicted octanol–water partition coefficient (Wildman–Crippen LogP) is 5.05. The molecule has 0 aliphatic carbocycles. The molecular formula is C24H28FN7. The van der Waals surface area contributed by atoms with Crippen LogP contribution in [0.1, 0.15) is 36.5 Å². The largest absolute Gasteiger partial charge is 0.341 e. The molecule has 7 nitrogen and oxygen atoms in total. The molecule has 0 radical (unpaired) electrons. The van der Waals surface area contributed by atoms with Crippen LogP contribution in [0.25, 0.3) is 0 Å². The third-order valence-corrected chi connectivity index (χ3v) is 5.81. The second-order valence-electron chi connectivity index (χ2n) is 8.22. The molecule has 2 N–H and O–H groups in total. The first-order valence-corrected chi connectivity index (χ1v) is 10.9. The van der Waals surface area contributed by atoms with Gasteiger partial charge in [0.1, 0.15) is 5.82 Å². The van der Waals surface area contributed by atoms with E-state index in [0.29, 0.717) is 29.3 Å². The van der Waals surface area contributed by atoms with E-state index < -0.39 is 0 Å². The van der Waals surface area contributed by atoms with Gasteiger partial charge in [-0.2, -0.15) is 20.1 Å². The van der Waals surface area contributed by atoms with Crippen molar-refractivity contribution in [2.45, 2.75) is 33.6 Å². The molecule has 8 heteroatoms. The first-order chi connectivity index (χ1) is 15.5. The van der Waals surface area contributed by atoms with Gasteiger partial charge in [-0.1, -0.05) is 37.3 Å². The highest BCUT2D eigenvalue weighted by molar-refractivity contribution is 5.80. The number of aryl methyl sites for hydroxylation is 1. The summed E-state index contributed by atoms with van der Waals surface area (Å²) in [5, 5.41) is 7.45. The van der Waals surface area contributed by atoms with Crippen LogP contribution in [0.15, 0.2) is 47.6 Å². The Morgan fingerprint density at radius 3 is 2.53 bits per heavy atom. The molecule has 1 aromatic heterocycles. The highest BCUT2D eigenvalue weighted by Gasteiger charge is 2.20. The minimum absolute atomic E-state index is 0.300. The molecule has 2 heterocycles. The van der Waals surface area contributed by atoms with Gasteiger partial charge in [-0.25, -0.2) is 9.82 Å². The number of nitrogens with one attached hydrogen (secondary N) is 2. The van der Waals surface area contributed by atoms with Crippen molar-refractivity contribution in [1.29, 1.82) is 0 Å². The summed E-state index contributed by atoms with van der Waals surface area (Å²) in [6, 6.07) is 12.5. The molecule has 0 bridgehead atoms. The zero-order chi connectivity index (χ0) is 22.5. The van der Waals surface area contributed by atoms with Crippen molar-refractivity contribution >= 4 is 29.7 Å². The van der Waals surface area contributed by atoms with Crippen molar-refractivity contribution in [3.8, 4) is 0 Å². The van der Waals surface area contributed by atoms with Gasteiger partial charge in [-0.05, 0) is 55.9 Å². The Labute approximate surface area is 187 Å². The van der Waals surface area contributed by atoms with E-state index in [1.807, 2.05) is 12.1 Å². The van der Waals surface area contributed by atoms with Gasteiger partial charge in [0.25, 0.3) is 0 Å². The van der Waals surface area contributed by atoms with Crippen molar-refractivity contribution in [2.75, 3.05) is 28.7 Å². The Morgan fingerprint density at radius 2 is 1.75 bits per heavy atom. The molecule has 1 aliphatic rings. The first kappa shape index (κ1) is 21.7. The molecule has 0 spiro atoms. The predicted molar refractivity (Wildman–Crippen MR) is 127 cm³/mol. The second-order valence-corrected chi connectivity index (χ2v) is 8.22. The van der Waals surface area contributed by atoms with Gasteiger partial charge in [-0.3, -0.25) is 0 Å². The number of piperidine rings is 1. The fourth-order valence-electron chi connectivity index (χ4n) is 3.57. The molecular weight excluding hydrogens is 405 g/mol. The van der Waals surface area contributed by atoms with Gasteiger partial charge in [0.15, 0.2) is 0 Å². The first-order valence-electron chi connectivity index (χ1n) is 10.9. The minimum atomic E-state index is -0.339. The van der Waals surface area contributed by atoms with Crippen molar-refractivity contribution in [1.82, 2.24) is 15.0 Å². The fraction of sp³-hybridized carbons (Fsp3) is 0.333. The van der Waals surface area contributed by atoms with Crippen LogP contribution in [-0.2, 0) is 0 Å². The zero-order valence-corrected chi connectivity index (χ0v) is 18.6. The zero-order valence-electron chi connectivity index (χ0n) is 18.6. The summed E-state index contributed by atoms with van der Waals surface area (Å²) >= 11 is 0. The summed E-state index contributed by atoms with van der Waals surface area (Å²) in [6.45, 7) is 8.18. The molecule has 0 unspecified atom stereocenters. The van der Waals surface area contributed by atoms with Gasteiger partial charge in [0, 0.05) is 24.3 Å². The SMILES string of the molecule is Cc1cccc(Nc2nc(NN=Cc3ccccc3F)nc(N3CCC(C)CC3)n2)c1C. The lowest BCUT2D eigenvalue weighted by atomic mass is 10.00. The Morgan fingerprint density at radius 1 is 1.00 bits per heavy atom. The monoisotopic (exact) mass is 433 g/mol. The van der Waals surface area contributed by atoms with Crippen molar-refractivity contribution in [3.63, 3.8) is 0 Å². The van der Waals surface area contributed by atoms with Gasteiger partial charge in [0.2, 0.25) is 17.8 Å². The molecule has 32 heavy (non-hydrogen) atoms. The van der Waals surface area contributed by atoms with E-state index in [1.165, 1.54) is 17.8 Å². The average Bonchev–Trinajstić information content (AvgIpc) is 2.79. The quantitative estimate of drug-likeness (QED) is 0.418. The smallest absolute Gasteiger partial charge is 0.250 e. The van der Waals surface area contributed by atoms with E-state index >= 15 is 0 Å². The van der Waals surface area contributed by atoms with Crippen LogP contribution < -0.4 is 15.6 Å². The normalized spacial score (nSPS) is 14.7. The number of hydrogen-bond acceptors (Lipinski definition) is 7.